The minimum absolute atomic E-state index is 0.0303. The summed E-state index contributed by atoms with van der Waals surface area (Å²) in [5.41, 5.74) is 0.0140. The molecule has 1 N–H and O–H groups in total. The third kappa shape index (κ3) is 2.61. The molecule has 0 saturated carbocycles. The van der Waals surface area contributed by atoms with E-state index in [1.54, 1.807) is 23.1 Å². The third-order valence-electron chi connectivity index (χ3n) is 3.08. The molecule has 1 aliphatic heterocycles. The Hall–Kier alpha value is -0.820. The van der Waals surface area contributed by atoms with Crippen LogP contribution in [0, 0.1) is 3.57 Å². The normalized spacial score (nSPS) is 18.7. The molecule has 0 radical (unpaired) electrons. The van der Waals surface area contributed by atoms with E-state index in [9.17, 15) is 9.90 Å². The molecular formula is C13H16INO3. The maximum Gasteiger partial charge on any atom is 0.258 e. The topological polar surface area (TPSA) is 49.8 Å². The van der Waals surface area contributed by atoms with Gasteiger partial charge in [-0.05, 0) is 54.6 Å². The summed E-state index contributed by atoms with van der Waals surface area (Å²) in [6.45, 7) is 5.55. The van der Waals surface area contributed by atoms with E-state index in [4.69, 9.17) is 4.74 Å². The molecule has 2 rings (SSSR count). The van der Waals surface area contributed by atoms with Crippen LogP contribution in [0.2, 0.25) is 0 Å². The fourth-order valence-electron chi connectivity index (χ4n) is 2.06. The van der Waals surface area contributed by atoms with Gasteiger partial charge >= 0.3 is 0 Å². The summed E-state index contributed by atoms with van der Waals surface area (Å²) in [7, 11) is 0. The molecule has 1 heterocycles. The largest absolute Gasteiger partial charge is 0.507 e. The quantitative estimate of drug-likeness (QED) is 0.781. The Balaban J connectivity index is 2.33. The van der Waals surface area contributed by atoms with Crippen molar-refractivity contribution >= 4 is 28.5 Å². The van der Waals surface area contributed by atoms with Crippen molar-refractivity contribution in [1.82, 2.24) is 4.90 Å². The highest BCUT2D eigenvalue weighted by Gasteiger charge is 2.35. The molecule has 1 aromatic rings. The van der Waals surface area contributed by atoms with Crippen molar-refractivity contribution < 1.29 is 14.6 Å². The molecular weight excluding hydrogens is 345 g/mol. The maximum absolute atomic E-state index is 12.5. The summed E-state index contributed by atoms with van der Waals surface area (Å²) in [5.74, 6) is -0.109. The number of phenols is 1. The van der Waals surface area contributed by atoms with Crippen LogP contribution in [-0.2, 0) is 4.74 Å². The second-order valence-corrected chi connectivity index (χ2v) is 6.23. The zero-order valence-corrected chi connectivity index (χ0v) is 12.6. The molecule has 1 fully saturated rings. The number of aromatic hydroxyl groups is 1. The molecule has 0 unspecified atom stereocenters. The lowest BCUT2D eigenvalue weighted by molar-refractivity contribution is -0.0371. The zero-order valence-electron chi connectivity index (χ0n) is 10.4. The van der Waals surface area contributed by atoms with Gasteiger partial charge in [-0.25, -0.2) is 0 Å². The molecule has 1 amide bonds. The molecule has 0 aromatic heterocycles. The van der Waals surface area contributed by atoms with Crippen LogP contribution in [0.15, 0.2) is 18.2 Å². The molecule has 1 saturated heterocycles. The SMILES string of the molecule is CC1(C)COCCN1C(=O)c1cc(I)ccc1O. The maximum atomic E-state index is 12.5. The van der Waals surface area contributed by atoms with Gasteiger partial charge < -0.3 is 14.7 Å². The molecule has 0 aliphatic carbocycles. The van der Waals surface area contributed by atoms with Gasteiger partial charge in [-0.3, -0.25) is 4.79 Å². The van der Waals surface area contributed by atoms with Crippen LogP contribution in [-0.4, -0.2) is 41.2 Å². The highest BCUT2D eigenvalue weighted by molar-refractivity contribution is 14.1. The van der Waals surface area contributed by atoms with Crippen molar-refractivity contribution in [3.63, 3.8) is 0 Å². The van der Waals surface area contributed by atoms with Crippen LogP contribution < -0.4 is 0 Å². The van der Waals surface area contributed by atoms with Gasteiger partial charge in [0.05, 0.1) is 24.3 Å². The summed E-state index contributed by atoms with van der Waals surface area (Å²) >= 11 is 2.13. The summed E-state index contributed by atoms with van der Waals surface area (Å²) < 4.78 is 6.33. The van der Waals surface area contributed by atoms with Crippen LogP contribution in [0.5, 0.6) is 5.75 Å². The smallest absolute Gasteiger partial charge is 0.258 e. The van der Waals surface area contributed by atoms with E-state index in [0.717, 1.165) is 3.57 Å². The highest BCUT2D eigenvalue weighted by atomic mass is 127. The van der Waals surface area contributed by atoms with Crippen molar-refractivity contribution in [2.75, 3.05) is 19.8 Å². The number of halogens is 1. The van der Waals surface area contributed by atoms with E-state index in [1.807, 2.05) is 13.8 Å². The van der Waals surface area contributed by atoms with E-state index in [0.29, 0.717) is 25.3 Å². The number of rotatable bonds is 1. The third-order valence-corrected chi connectivity index (χ3v) is 3.75. The number of carbonyl (C=O) groups excluding carboxylic acids is 1. The minimum Gasteiger partial charge on any atom is -0.507 e. The average Bonchev–Trinajstić information content (AvgIpc) is 2.31. The number of benzene rings is 1. The number of hydrogen-bond acceptors (Lipinski definition) is 3. The lowest BCUT2D eigenvalue weighted by Gasteiger charge is -2.42. The van der Waals surface area contributed by atoms with Crippen LogP contribution in [0.4, 0.5) is 0 Å². The minimum atomic E-state index is -0.344. The Morgan fingerprint density at radius 3 is 2.89 bits per heavy atom. The zero-order chi connectivity index (χ0) is 13.3. The lowest BCUT2D eigenvalue weighted by Crippen LogP contribution is -2.55. The number of phenolic OH excluding ortho intramolecular Hbond substituents is 1. The lowest BCUT2D eigenvalue weighted by atomic mass is 10.0. The van der Waals surface area contributed by atoms with E-state index < -0.39 is 0 Å². The van der Waals surface area contributed by atoms with Crippen LogP contribution >= 0.6 is 22.6 Å². The summed E-state index contributed by atoms with van der Waals surface area (Å²) in [4.78, 5) is 14.3. The predicted molar refractivity (Wildman–Crippen MR) is 76.8 cm³/mol. The Labute approximate surface area is 120 Å². The molecule has 4 nitrogen and oxygen atoms in total. The van der Waals surface area contributed by atoms with Gasteiger partial charge in [0, 0.05) is 10.1 Å². The number of amides is 1. The summed E-state index contributed by atoms with van der Waals surface area (Å²) in [5, 5.41) is 9.82. The van der Waals surface area contributed by atoms with Crippen LogP contribution in [0.25, 0.3) is 0 Å². The van der Waals surface area contributed by atoms with Crippen LogP contribution in [0.1, 0.15) is 24.2 Å². The molecule has 0 spiro atoms. The van der Waals surface area contributed by atoms with Crippen molar-refractivity contribution in [1.29, 1.82) is 0 Å². The van der Waals surface area contributed by atoms with Gasteiger partial charge in [-0.2, -0.15) is 0 Å². The molecule has 1 aliphatic rings. The second kappa shape index (κ2) is 5.05. The van der Waals surface area contributed by atoms with Gasteiger partial charge in [-0.1, -0.05) is 0 Å². The average molecular weight is 361 g/mol. The number of carbonyl (C=O) groups is 1. The Morgan fingerprint density at radius 2 is 2.22 bits per heavy atom. The summed E-state index contributed by atoms with van der Waals surface area (Å²) in [6.07, 6.45) is 0. The second-order valence-electron chi connectivity index (χ2n) is 4.98. The van der Waals surface area contributed by atoms with Gasteiger partial charge in [0.15, 0.2) is 0 Å². The molecule has 0 bridgehead atoms. The van der Waals surface area contributed by atoms with Gasteiger partial charge in [-0.15, -0.1) is 0 Å². The predicted octanol–water partition coefficient (Wildman–Crippen LogP) is 2.25. The first-order chi connectivity index (χ1) is 8.42. The van der Waals surface area contributed by atoms with Gasteiger partial charge in [0.25, 0.3) is 5.91 Å². The van der Waals surface area contributed by atoms with Crippen molar-refractivity contribution in [2.45, 2.75) is 19.4 Å². The van der Waals surface area contributed by atoms with Gasteiger partial charge in [0.1, 0.15) is 5.75 Å². The van der Waals surface area contributed by atoms with Crippen molar-refractivity contribution in [3.05, 3.63) is 27.3 Å². The number of nitrogens with zero attached hydrogens (tertiary/aromatic N) is 1. The standard InChI is InChI=1S/C13H16INO3/c1-13(2)8-18-6-5-15(13)12(17)10-7-9(14)3-4-11(10)16/h3-4,7,16H,5-6,8H2,1-2H3. The monoisotopic (exact) mass is 361 g/mol. The number of morpholine rings is 1. The Morgan fingerprint density at radius 1 is 1.50 bits per heavy atom. The number of hydrogen-bond donors (Lipinski definition) is 1. The fourth-order valence-corrected chi connectivity index (χ4v) is 2.55. The first-order valence-corrected chi connectivity index (χ1v) is 6.88. The molecule has 0 atom stereocenters. The van der Waals surface area contributed by atoms with E-state index in [2.05, 4.69) is 22.6 Å². The van der Waals surface area contributed by atoms with E-state index in [-0.39, 0.29) is 17.2 Å². The highest BCUT2D eigenvalue weighted by Crippen LogP contribution is 2.26. The van der Waals surface area contributed by atoms with Crippen molar-refractivity contribution in [3.8, 4) is 5.75 Å². The Kier molecular flexibility index (Phi) is 3.82. The summed E-state index contributed by atoms with van der Waals surface area (Å²) in [6, 6.07) is 5.04. The molecule has 5 heteroatoms. The molecule has 98 valence electrons. The van der Waals surface area contributed by atoms with E-state index in [1.165, 1.54) is 0 Å². The fraction of sp³-hybridized carbons (Fsp3) is 0.462. The first-order valence-electron chi connectivity index (χ1n) is 5.80. The molecule has 18 heavy (non-hydrogen) atoms. The van der Waals surface area contributed by atoms with Gasteiger partial charge in [0.2, 0.25) is 0 Å². The number of ether oxygens (including phenoxy) is 1. The first kappa shape index (κ1) is 13.6. The Bertz CT molecular complexity index is 473. The molecule has 1 aromatic carbocycles. The van der Waals surface area contributed by atoms with Crippen molar-refractivity contribution in [2.24, 2.45) is 0 Å². The van der Waals surface area contributed by atoms with Crippen LogP contribution in [0.3, 0.4) is 0 Å². The van der Waals surface area contributed by atoms with E-state index >= 15 is 0 Å².